The monoisotopic (exact) mass is 442 g/mol. The molecule has 2 aromatic carbocycles. The molecule has 8 heteroatoms. The third-order valence-electron chi connectivity index (χ3n) is 5.87. The van der Waals surface area contributed by atoms with E-state index in [1.807, 2.05) is 0 Å². The van der Waals surface area contributed by atoms with E-state index in [1.54, 1.807) is 35.2 Å². The number of carbonyl (C=O) groups is 1. The molecule has 0 radical (unpaired) electrons. The number of nitrogens with zero attached hydrogens (tertiary/aromatic N) is 2. The van der Waals surface area contributed by atoms with Crippen molar-refractivity contribution in [1.29, 1.82) is 0 Å². The summed E-state index contributed by atoms with van der Waals surface area (Å²) in [6, 6.07) is 9.98. The van der Waals surface area contributed by atoms with Gasteiger partial charge in [0.15, 0.2) is 5.43 Å². The van der Waals surface area contributed by atoms with Gasteiger partial charge in [-0.2, -0.15) is 0 Å². The number of rotatable bonds is 4. The zero-order valence-corrected chi connectivity index (χ0v) is 17.4. The van der Waals surface area contributed by atoms with Gasteiger partial charge in [0.2, 0.25) is 5.76 Å². The number of amides is 1. The van der Waals surface area contributed by atoms with Crippen LogP contribution in [0.5, 0.6) is 0 Å². The lowest BCUT2D eigenvalue weighted by Gasteiger charge is -2.31. The minimum atomic E-state index is -0.649. The molecule has 0 spiro atoms. The molecule has 0 bridgehead atoms. The maximum Gasteiger partial charge on any atom is 0.290 e. The first-order chi connectivity index (χ1) is 15.0. The van der Waals surface area contributed by atoms with Crippen LogP contribution in [0.3, 0.4) is 0 Å². The summed E-state index contributed by atoms with van der Waals surface area (Å²) in [6.07, 6.45) is 0. The van der Waals surface area contributed by atoms with E-state index in [1.165, 1.54) is 12.1 Å². The van der Waals surface area contributed by atoms with Gasteiger partial charge < -0.3 is 14.1 Å². The molecule has 6 nitrogen and oxygen atoms in total. The van der Waals surface area contributed by atoms with Gasteiger partial charge in [-0.15, -0.1) is 0 Å². The normalized spacial score (nSPS) is 19.2. The smallest absolute Gasteiger partial charge is 0.290 e. The van der Waals surface area contributed by atoms with Crippen LogP contribution in [0.4, 0.5) is 4.39 Å². The molecule has 1 aromatic heterocycles. The molecule has 0 aliphatic carbocycles. The Bertz CT molecular complexity index is 1200. The Hall–Kier alpha value is -2.74. The van der Waals surface area contributed by atoms with Gasteiger partial charge in [-0.05, 0) is 35.9 Å². The van der Waals surface area contributed by atoms with E-state index < -0.39 is 6.04 Å². The molecular weight excluding hydrogens is 423 g/mol. The van der Waals surface area contributed by atoms with Crippen molar-refractivity contribution in [3.63, 3.8) is 0 Å². The van der Waals surface area contributed by atoms with Gasteiger partial charge in [0, 0.05) is 31.2 Å². The average molecular weight is 443 g/mol. The fourth-order valence-electron chi connectivity index (χ4n) is 4.29. The van der Waals surface area contributed by atoms with Crippen molar-refractivity contribution < 1.29 is 18.3 Å². The van der Waals surface area contributed by atoms with Gasteiger partial charge in [0.1, 0.15) is 11.4 Å². The molecule has 1 amide bonds. The van der Waals surface area contributed by atoms with E-state index in [2.05, 4.69) is 4.90 Å². The highest BCUT2D eigenvalue weighted by Gasteiger charge is 2.42. The van der Waals surface area contributed by atoms with E-state index in [0.29, 0.717) is 47.9 Å². The lowest BCUT2D eigenvalue weighted by molar-refractivity contribution is 0.0314. The quantitative estimate of drug-likeness (QED) is 0.619. The summed E-state index contributed by atoms with van der Waals surface area (Å²) < 4.78 is 24.9. The summed E-state index contributed by atoms with van der Waals surface area (Å²) in [6.45, 7) is 3.93. The molecule has 0 unspecified atom stereocenters. The van der Waals surface area contributed by atoms with E-state index >= 15 is 0 Å². The van der Waals surface area contributed by atoms with Gasteiger partial charge in [0.25, 0.3) is 5.91 Å². The third kappa shape index (κ3) is 3.63. The molecule has 3 aromatic rings. The van der Waals surface area contributed by atoms with Crippen molar-refractivity contribution in [3.8, 4) is 0 Å². The largest absolute Gasteiger partial charge is 0.450 e. The summed E-state index contributed by atoms with van der Waals surface area (Å²) in [5.41, 5.74) is 0.946. The van der Waals surface area contributed by atoms with Crippen LogP contribution in [0.1, 0.15) is 27.7 Å². The topological polar surface area (TPSA) is 63.0 Å². The van der Waals surface area contributed by atoms with E-state index in [-0.39, 0.29) is 28.5 Å². The molecule has 0 N–H and O–H groups in total. The summed E-state index contributed by atoms with van der Waals surface area (Å²) in [4.78, 5) is 30.6. The summed E-state index contributed by atoms with van der Waals surface area (Å²) in [7, 11) is 0. The predicted octanol–water partition coefficient (Wildman–Crippen LogP) is 3.46. The Morgan fingerprint density at radius 3 is 2.52 bits per heavy atom. The van der Waals surface area contributed by atoms with Crippen molar-refractivity contribution in [3.05, 3.63) is 80.4 Å². The van der Waals surface area contributed by atoms with Crippen LogP contribution in [0, 0.1) is 5.82 Å². The molecule has 160 valence electrons. The third-order valence-corrected chi connectivity index (χ3v) is 6.11. The summed E-state index contributed by atoms with van der Waals surface area (Å²) in [5.74, 6) is -0.687. The second kappa shape index (κ2) is 8.07. The number of morpholine rings is 1. The zero-order chi connectivity index (χ0) is 21.5. The first-order valence-corrected chi connectivity index (χ1v) is 10.5. The van der Waals surface area contributed by atoms with E-state index in [0.717, 1.165) is 13.1 Å². The SMILES string of the molecule is O=C1c2oc3ccc(Cl)cc3c(=O)c2[C@@H](c2ccc(F)cc2)N1CCN1CCOCC1. The average Bonchev–Trinajstić information content (AvgIpc) is 3.06. The van der Waals surface area contributed by atoms with E-state index in [4.69, 9.17) is 20.8 Å². The van der Waals surface area contributed by atoms with Crippen LogP contribution in [-0.4, -0.2) is 55.1 Å². The van der Waals surface area contributed by atoms with Crippen molar-refractivity contribution in [2.45, 2.75) is 6.04 Å². The first-order valence-electron chi connectivity index (χ1n) is 10.2. The molecule has 1 atom stereocenters. The second-order valence-electron chi connectivity index (χ2n) is 7.72. The minimum absolute atomic E-state index is 0.0381. The summed E-state index contributed by atoms with van der Waals surface area (Å²) >= 11 is 6.09. The highest BCUT2D eigenvalue weighted by atomic mass is 35.5. The van der Waals surface area contributed by atoms with Crippen LogP contribution >= 0.6 is 11.6 Å². The fourth-order valence-corrected chi connectivity index (χ4v) is 4.46. The lowest BCUT2D eigenvalue weighted by Crippen LogP contribution is -2.42. The Morgan fingerprint density at radius 1 is 1.03 bits per heavy atom. The Balaban J connectivity index is 1.60. The van der Waals surface area contributed by atoms with Gasteiger partial charge in [-0.25, -0.2) is 4.39 Å². The van der Waals surface area contributed by atoms with Crippen LogP contribution < -0.4 is 5.43 Å². The molecular formula is C23H20ClFN2O4. The van der Waals surface area contributed by atoms with Gasteiger partial charge >= 0.3 is 0 Å². The second-order valence-corrected chi connectivity index (χ2v) is 8.16. The van der Waals surface area contributed by atoms with Crippen molar-refractivity contribution in [1.82, 2.24) is 9.80 Å². The molecule has 5 rings (SSSR count). The number of carbonyl (C=O) groups excluding carboxylic acids is 1. The fraction of sp³-hybridized carbons (Fsp3) is 0.304. The van der Waals surface area contributed by atoms with Gasteiger partial charge in [-0.3, -0.25) is 14.5 Å². The maximum absolute atomic E-state index is 13.6. The predicted molar refractivity (Wildman–Crippen MR) is 114 cm³/mol. The Labute approximate surface area is 182 Å². The number of hydrogen-bond acceptors (Lipinski definition) is 5. The highest BCUT2D eigenvalue weighted by molar-refractivity contribution is 6.31. The molecule has 1 saturated heterocycles. The zero-order valence-electron chi connectivity index (χ0n) is 16.6. The molecule has 2 aliphatic rings. The maximum atomic E-state index is 13.6. The number of hydrogen-bond donors (Lipinski definition) is 0. The van der Waals surface area contributed by atoms with Crippen LogP contribution in [0.25, 0.3) is 11.0 Å². The standard InChI is InChI=1S/C23H20ClFN2O4/c24-15-3-6-18-17(13-15)21(28)19-20(14-1-4-16(25)5-2-14)27(23(29)22(19)31-18)8-7-26-9-11-30-12-10-26/h1-6,13,20H,7-12H2/t20-/m1/s1. The van der Waals surface area contributed by atoms with Crippen LogP contribution in [0.15, 0.2) is 51.7 Å². The Morgan fingerprint density at radius 2 is 1.77 bits per heavy atom. The lowest BCUT2D eigenvalue weighted by atomic mass is 9.98. The van der Waals surface area contributed by atoms with Crippen molar-refractivity contribution >= 4 is 28.5 Å². The van der Waals surface area contributed by atoms with Crippen LogP contribution in [0.2, 0.25) is 5.02 Å². The molecule has 31 heavy (non-hydrogen) atoms. The van der Waals surface area contributed by atoms with Crippen molar-refractivity contribution in [2.75, 3.05) is 39.4 Å². The number of benzene rings is 2. The van der Waals surface area contributed by atoms with Crippen molar-refractivity contribution in [2.24, 2.45) is 0 Å². The molecule has 2 aliphatic heterocycles. The Kier molecular flexibility index (Phi) is 5.25. The number of halogens is 2. The first kappa shape index (κ1) is 20.2. The van der Waals surface area contributed by atoms with E-state index in [9.17, 15) is 14.0 Å². The molecule has 3 heterocycles. The molecule has 0 saturated carbocycles. The highest BCUT2D eigenvalue weighted by Crippen LogP contribution is 2.38. The van der Waals surface area contributed by atoms with Gasteiger partial charge in [0.05, 0.1) is 30.2 Å². The number of fused-ring (bicyclic) bond motifs is 2. The minimum Gasteiger partial charge on any atom is -0.450 e. The number of ether oxygens (including phenoxy) is 1. The molecule has 1 fully saturated rings. The van der Waals surface area contributed by atoms with Crippen LogP contribution in [-0.2, 0) is 4.74 Å². The summed E-state index contributed by atoms with van der Waals surface area (Å²) in [5, 5.41) is 0.729. The van der Waals surface area contributed by atoms with Gasteiger partial charge in [-0.1, -0.05) is 23.7 Å².